The summed E-state index contributed by atoms with van der Waals surface area (Å²) in [5, 5.41) is 11.9. The van der Waals surface area contributed by atoms with Gasteiger partial charge >= 0.3 is 0 Å². The zero-order chi connectivity index (χ0) is 12.2. The van der Waals surface area contributed by atoms with Crippen LogP contribution >= 0.6 is 11.6 Å². The maximum absolute atomic E-state index is 11.8. The molecule has 16 heavy (non-hydrogen) atoms. The summed E-state index contributed by atoms with van der Waals surface area (Å²) in [5.41, 5.74) is 0.0210. The summed E-state index contributed by atoms with van der Waals surface area (Å²) in [7, 11) is 0. The van der Waals surface area contributed by atoms with Crippen molar-refractivity contribution in [3.05, 3.63) is 29.0 Å². The highest BCUT2D eigenvalue weighted by Gasteiger charge is 2.20. The Hall–Kier alpha value is -1.13. The third-order valence-corrected chi connectivity index (χ3v) is 2.38. The molecular weight excluding hydrogens is 228 g/mol. The summed E-state index contributed by atoms with van der Waals surface area (Å²) in [6.07, 6.45) is 1.98. The van der Waals surface area contributed by atoms with Gasteiger partial charge in [0, 0.05) is 23.9 Å². The molecule has 4 nitrogen and oxygen atoms in total. The third kappa shape index (κ3) is 3.79. The number of halogens is 1. The molecule has 0 bridgehead atoms. The Bertz CT molecular complexity index is 380. The van der Waals surface area contributed by atoms with E-state index < -0.39 is 5.54 Å². The molecule has 0 aliphatic carbocycles. The van der Waals surface area contributed by atoms with Crippen molar-refractivity contribution in [2.24, 2.45) is 0 Å². The van der Waals surface area contributed by atoms with E-state index in [9.17, 15) is 4.79 Å². The number of aliphatic hydroxyl groups is 1. The highest BCUT2D eigenvalue weighted by atomic mass is 35.5. The Balaban J connectivity index is 2.72. The van der Waals surface area contributed by atoms with Gasteiger partial charge in [-0.3, -0.25) is 4.79 Å². The highest BCUT2D eigenvalue weighted by Crippen LogP contribution is 2.11. The van der Waals surface area contributed by atoms with Crippen LogP contribution in [0.4, 0.5) is 0 Å². The maximum atomic E-state index is 11.8. The van der Waals surface area contributed by atoms with Crippen molar-refractivity contribution in [1.82, 2.24) is 10.3 Å². The van der Waals surface area contributed by atoms with Crippen LogP contribution < -0.4 is 5.32 Å². The molecule has 0 aliphatic heterocycles. The number of carbonyl (C=O) groups is 1. The first-order chi connectivity index (χ1) is 7.44. The molecule has 1 rings (SSSR count). The van der Waals surface area contributed by atoms with Crippen LogP contribution in [0.25, 0.3) is 0 Å². The molecule has 2 N–H and O–H groups in total. The number of carbonyl (C=O) groups excluding carboxylic acids is 1. The van der Waals surface area contributed by atoms with E-state index in [0.29, 0.717) is 12.0 Å². The summed E-state index contributed by atoms with van der Waals surface area (Å²) in [6.45, 7) is 3.73. The normalized spacial score (nSPS) is 11.2. The SMILES string of the molecule is CC(C)(CCO)NC(=O)c1ccnc(Cl)c1. The Morgan fingerprint density at radius 2 is 2.31 bits per heavy atom. The Kier molecular flexibility index (Phi) is 4.26. The fourth-order valence-electron chi connectivity index (χ4n) is 1.27. The summed E-state index contributed by atoms with van der Waals surface area (Å²) >= 11 is 5.69. The molecule has 0 radical (unpaired) electrons. The van der Waals surface area contributed by atoms with E-state index in [-0.39, 0.29) is 17.7 Å². The molecule has 0 aromatic carbocycles. The lowest BCUT2D eigenvalue weighted by Gasteiger charge is -2.25. The molecule has 1 heterocycles. The van der Waals surface area contributed by atoms with Crippen LogP contribution in [0.1, 0.15) is 30.6 Å². The molecule has 0 aliphatic rings. The predicted octanol–water partition coefficient (Wildman–Crippen LogP) is 1.63. The highest BCUT2D eigenvalue weighted by molar-refractivity contribution is 6.29. The van der Waals surface area contributed by atoms with E-state index >= 15 is 0 Å². The van der Waals surface area contributed by atoms with Gasteiger partial charge in [-0.25, -0.2) is 4.98 Å². The summed E-state index contributed by atoms with van der Waals surface area (Å²) < 4.78 is 0. The number of rotatable bonds is 4. The van der Waals surface area contributed by atoms with Crippen molar-refractivity contribution in [1.29, 1.82) is 0 Å². The van der Waals surface area contributed by atoms with Gasteiger partial charge in [0.1, 0.15) is 5.15 Å². The number of aromatic nitrogens is 1. The molecule has 88 valence electrons. The summed E-state index contributed by atoms with van der Waals surface area (Å²) in [4.78, 5) is 15.6. The molecule has 1 aromatic heterocycles. The van der Waals surface area contributed by atoms with E-state index in [1.54, 1.807) is 6.07 Å². The Morgan fingerprint density at radius 1 is 1.62 bits per heavy atom. The van der Waals surface area contributed by atoms with Gasteiger partial charge in [0.25, 0.3) is 5.91 Å². The zero-order valence-electron chi connectivity index (χ0n) is 9.33. The van der Waals surface area contributed by atoms with Crippen LogP contribution in [0, 0.1) is 0 Å². The first kappa shape index (κ1) is 12.9. The molecule has 0 saturated carbocycles. The molecule has 0 saturated heterocycles. The Labute approximate surface area is 99.6 Å². The molecular formula is C11H15ClN2O2. The molecule has 0 atom stereocenters. The monoisotopic (exact) mass is 242 g/mol. The van der Waals surface area contributed by atoms with Crippen molar-refractivity contribution in [2.45, 2.75) is 25.8 Å². The van der Waals surface area contributed by atoms with E-state index in [1.807, 2.05) is 13.8 Å². The van der Waals surface area contributed by atoms with Gasteiger partial charge in [0.15, 0.2) is 0 Å². The minimum absolute atomic E-state index is 0.0321. The number of pyridine rings is 1. The van der Waals surface area contributed by atoms with Gasteiger partial charge in [0.2, 0.25) is 0 Å². The zero-order valence-corrected chi connectivity index (χ0v) is 10.1. The molecule has 1 amide bonds. The van der Waals surface area contributed by atoms with Gasteiger partial charge in [-0.15, -0.1) is 0 Å². The average Bonchev–Trinajstić information content (AvgIpc) is 2.16. The van der Waals surface area contributed by atoms with Crippen molar-refractivity contribution >= 4 is 17.5 Å². The molecule has 0 spiro atoms. The quantitative estimate of drug-likeness (QED) is 0.789. The van der Waals surface area contributed by atoms with Crippen molar-refractivity contribution < 1.29 is 9.90 Å². The van der Waals surface area contributed by atoms with Crippen LogP contribution in [0.15, 0.2) is 18.3 Å². The average molecular weight is 243 g/mol. The minimum atomic E-state index is -0.443. The van der Waals surface area contributed by atoms with Crippen molar-refractivity contribution in [2.75, 3.05) is 6.61 Å². The number of hydrogen-bond acceptors (Lipinski definition) is 3. The number of amides is 1. The van der Waals surface area contributed by atoms with Crippen molar-refractivity contribution in [3.63, 3.8) is 0 Å². The molecule has 5 heteroatoms. The van der Waals surface area contributed by atoms with Crippen LogP contribution in [-0.4, -0.2) is 28.1 Å². The first-order valence-corrected chi connectivity index (χ1v) is 5.37. The topological polar surface area (TPSA) is 62.2 Å². The Morgan fingerprint density at radius 3 is 2.88 bits per heavy atom. The number of hydrogen-bond donors (Lipinski definition) is 2. The first-order valence-electron chi connectivity index (χ1n) is 4.99. The van der Waals surface area contributed by atoms with E-state index in [0.717, 1.165) is 0 Å². The van der Waals surface area contributed by atoms with Crippen LogP contribution in [-0.2, 0) is 0 Å². The number of nitrogens with one attached hydrogen (secondary N) is 1. The van der Waals surface area contributed by atoms with Crippen LogP contribution in [0.3, 0.4) is 0 Å². The largest absolute Gasteiger partial charge is 0.396 e. The van der Waals surface area contributed by atoms with E-state index in [4.69, 9.17) is 16.7 Å². The van der Waals surface area contributed by atoms with Gasteiger partial charge in [0.05, 0.1) is 0 Å². The van der Waals surface area contributed by atoms with E-state index in [1.165, 1.54) is 12.3 Å². The van der Waals surface area contributed by atoms with E-state index in [2.05, 4.69) is 10.3 Å². The fourth-order valence-corrected chi connectivity index (χ4v) is 1.44. The second-order valence-electron chi connectivity index (χ2n) is 4.18. The van der Waals surface area contributed by atoms with Crippen LogP contribution in [0.5, 0.6) is 0 Å². The van der Waals surface area contributed by atoms with Gasteiger partial charge < -0.3 is 10.4 Å². The standard InChI is InChI=1S/C11H15ClN2O2/c1-11(2,4-6-15)14-10(16)8-3-5-13-9(12)7-8/h3,5,7,15H,4,6H2,1-2H3,(H,14,16). The number of nitrogens with zero attached hydrogens (tertiary/aromatic N) is 1. The second kappa shape index (κ2) is 5.27. The minimum Gasteiger partial charge on any atom is -0.396 e. The predicted molar refractivity (Wildman–Crippen MR) is 62.5 cm³/mol. The summed E-state index contributed by atoms with van der Waals surface area (Å²) in [5.74, 6) is -0.220. The van der Waals surface area contributed by atoms with Gasteiger partial charge in [-0.1, -0.05) is 11.6 Å². The second-order valence-corrected chi connectivity index (χ2v) is 4.57. The number of aliphatic hydroxyl groups excluding tert-OH is 1. The van der Waals surface area contributed by atoms with Crippen molar-refractivity contribution in [3.8, 4) is 0 Å². The third-order valence-electron chi connectivity index (χ3n) is 2.18. The maximum Gasteiger partial charge on any atom is 0.251 e. The lowest BCUT2D eigenvalue weighted by atomic mass is 10.0. The smallest absolute Gasteiger partial charge is 0.251 e. The molecule has 0 fully saturated rings. The molecule has 1 aromatic rings. The summed E-state index contributed by atoms with van der Waals surface area (Å²) in [6, 6.07) is 3.10. The van der Waals surface area contributed by atoms with Gasteiger partial charge in [-0.2, -0.15) is 0 Å². The van der Waals surface area contributed by atoms with Gasteiger partial charge in [-0.05, 0) is 32.4 Å². The lowest BCUT2D eigenvalue weighted by molar-refractivity contribution is 0.0899. The molecule has 0 unspecified atom stereocenters. The van der Waals surface area contributed by atoms with Crippen LogP contribution in [0.2, 0.25) is 5.15 Å². The lowest BCUT2D eigenvalue weighted by Crippen LogP contribution is -2.44. The fraction of sp³-hybridized carbons (Fsp3) is 0.455.